The van der Waals surface area contributed by atoms with Crippen LogP contribution in [0.5, 0.6) is 0 Å². The monoisotopic (exact) mass is 338 g/mol. The van der Waals surface area contributed by atoms with Gasteiger partial charge in [-0.05, 0) is 35.7 Å². The van der Waals surface area contributed by atoms with Crippen molar-refractivity contribution in [3.05, 3.63) is 71.7 Å². The predicted octanol–water partition coefficient (Wildman–Crippen LogP) is 3.56. The van der Waals surface area contributed by atoms with Gasteiger partial charge in [0.2, 0.25) is 0 Å². The molecule has 0 bridgehead atoms. The molecule has 0 aliphatic carbocycles. The van der Waals surface area contributed by atoms with E-state index in [1.54, 1.807) is 7.05 Å². The summed E-state index contributed by atoms with van der Waals surface area (Å²) in [6.45, 7) is 1.56. The van der Waals surface area contributed by atoms with Crippen LogP contribution in [0.1, 0.15) is 11.1 Å². The molecule has 0 radical (unpaired) electrons. The van der Waals surface area contributed by atoms with Gasteiger partial charge in [0.15, 0.2) is 5.96 Å². The summed E-state index contributed by atoms with van der Waals surface area (Å²) in [7, 11) is 3.81. The Bertz CT molecular complexity index is 855. The maximum absolute atomic E-state index is 13.3. The van der Waals surface area contributed by atoms with Crippen molar-refractivity contribution in [2.24, 2.45) is 4.99 Å². The fraction of sp³-hybridized carbons (Fsp3) is 0.250. The van der Waals surface area contributed by atoms with Gasteiger partial charge in [-0.2, -0.15) is 0 Å². The summed E-state index contributed by atoms with van der Waals surface area (Å²) in [5.41, 5.74) is 3.25. The average molecular weight is 338 g/mol. The smallest absolute Gasteiger partial charge is 0.193 e. The van der Waals surface area contributed by atoms with Crippen LogP contribution in [-0.4, -0.2) is 36.5 Å². The Morgan fingerprint density at radius 2 is 2.00 bits per heavy atom. The summed E-state index contributed by atoms with van der Waals surface area (Å²) in [6.07, 6.45) is 2.78. The minimum absolute atomic E-state index is 0.220. The SMILES string of the molecule is CN=C(NCCc1c[nH]c2cc(F)ccc12)N(C)Cc1ccccc1. The number of aliphatic imine (C=N–C) groups is 1. The number of aromatic amines is 1. The Labute approximate surface area is 147 Å². The molecular formula is C20H23FN4. The van der Waals surface area contributed by atoms with Gasteiger partial charge in [-0.3, -0.25) is 4.99 Å². The lowest BCUT2D eigenvalue weighted by atomic mass is 10.1. The first-order valence-electron chi connectivity index (χ1n) is 8.38. The third kappa shape index (κ3) is 4.18. The van der Waals surface area contributed by atoms with Gasteiger partial charge in [0.25, 0.3) is 0 Å². The van der Waals surface area contributed by atoms with Crippen LogP contribution in [0.4, 0.5) is 4.39 Å². The molecule has 1 heterocycles. The molecule has 25 heavy (non-hydrogen) atoms. The first-order chi connectivity index (χ1) is 12.2. The van der Waals surface area contributed by atoms with Crippen molar-refractivity contribution < 1.29 is 4.39 Å². The summed E-state index contributed by atoms with van der Waals surface area (Å²) in [4.78, 5) is 9.58. The molecule has 0 unspecified atom stereocenters. The lowest BCUT2D eigenvalue weighted by Gasteiger charge is -2.22. The van der Waals surface area contributed by atoms with E-state index in [1.165, 1.54) is 23.3 Å². The summed E-state index contributed by atoms with van der Waals surface area (Å²) >= 11 is 0. The number of benzene rings is 2. The fourth-order valence-electron chi connectivity index (χ4n) is 2.99. The van der Waals surface area contributed by atoms with Crippen LogP contribution in [0.3, 0.4) is 0 Å². The second-order valence-electron chi connectivity index (χ2n) is 6.07. The van der Waals surface area contributed by atoms with Gasteiger partial charge in [-0.25, -0.2) is 4.39 Å². The highest BCUT2D eigenvalue weighted by Gasteiger charge is 2.08. The number of nitrogens with zero attached hydrogens (tertiary/aromatic N) is 2. The third-order valence-corrected chi connectivity index (χ3v) is 4.24. The normalized spacial score (nSPS) is 11.7. The second kappa shape index (κ2) is 7.83. The molecule has 5 heteroatoms. The van der Waals surface area contributed by atoms with E-state index in [2.05, 4.69) is 32.3 Å². The molecular weight excluding hydrogens is 315 g/mol. The van der Waals surface area contributed by atoms with E-state index in [-0.39, 0.29) is 5.82 Å². The zero-order valence-electron chi connectivity index (χ0n) is 14.6. The molecule has 130 valence electrons. The van der Waals surface area contributed by atoms with Crippen molar-refractivity contribution in [1.82, 2.24) is 15.2 Å². The van der Waals surface area contributed by atoms with Crippen molar-refractivity contribution >= 4 is 16.9 Å². The minimum atomic E-state index is -0.220. The molecule has 4 nitrogen and oxygen atoms in total. The summed E-state index contributed by atoms with van der Waals surface area (Å²) in [5.74, 6) is 0.636. The number of aromatic nitrogens is 1. The molecule has 0 aliphatic heterocycles. The Kier molecular flexibility index (Phi) is 5.33. The van der Waals surface area contributed by atoms with Gasteiger partial charge in [0.1, 0.15) is 5.82 Å². The van der Waals surface area contributed by atoms with Gasteiger partial charge in [-0.15, -0.1) is 0 Å². The topological polar surface area (TPSA) is 43.4 Å². The molecule has 0 aliphatic rings. The number of fused-ring (bicyclic) bond motifs is 1. The Hall–Kier alpha value is -2.82. The maximum atomic E-state index is 13.3. The van der Waals surface area contributed by atoms with Crippen LogP contribution in [-0.2, 0) is 13.0 Å². The van der Waals surface area contributed by atoms with Gasteiger partial charge >= 0.3 is 0 Å². The van der Waals surface area contributed by atoms with Gasteiger partial charge in [0.05, 0.1) is 0 Å². The lowest BCUT2D eigenvalue weighted by molar-refractivity contribution is 0.477. The van der Waals surface area contributed by atoms with Crippen molar-refractivity contribution in [1.29, 1.82) is 0 Å². The highest BCUT2D eigenvalue weighted by molar-refractivity contribution is 5.83. The quantitative estimate of drug-likeness (QED) is 0.552. The Balaban J connectivity index is 1.57. The number of nitrogens with one attached hydrogen (secondary N) is 2. The molecule has 0 saturated carbocycles. The summed E-state index contributed by atoms with van der Waals surface area (Å²) in [5, 5.41) is 4.46. The van der Waals surface area contributed by atoms with Gasteiger partial charge in [0, 0.05) is 44.3 Å². The molecule has 0 atom stereocenters. The number of halogens is 1. The zero-order chi connectivity index (χ0) is 17.6. The van der Waals surface area contributed by atoms with Crippen LogP contribution in [0.2, 0.25) is 0 Å². The Morgan fingerprint density at radius 3 is 2.76 bits per heavy atom. The summed E-state index contributed by atoms with van der Waals surface area (Å²) in [6, 6.07) is 15.2. The van der Waals surface area contributed by atoms with Crippen LogP contribution >= 0.6 is 0 Å². The van der Waals surface area contributed by atoms with Gasteiger partial charge < -0.3 is 15.2 Å². The molecule has 0 spiro atoms. The molecule has 0 fully saturated rings. The predicted molar refractivity (Wildman–Crippen MR) is 101 cm³/mol. The molecule has 3 aromatic rings. The van der Waals surface area contributed by atoms with Crippen molar-refractivity contribution in [2.45, 2.75) is 13.0 Å². The molecule has 2 aromatic carbocycles. The number of hydrogen-bond donors (Lipinski definition) is 2. The van der Waals surface area contributed by atoms with E-state index in [1.807, 2.05) is 37.5 Å². The molecule has 0 amide bonds. The maximum Gasteiger partial charge on any atom is 0.193 e. The summed E-state index contributed by atoms with van der Waals surface area (Å²) < 4.78 is 13.3. The van der Waals surface area contributed by atoms with E-state index in [9.17, 15) is 4.39 Å². The van der Waals surface area contributed by atoms with E-state index >= 15 is 0 Å². The van der Waals surface area contributed by atoms with E-state index in [4.69, 9.17) is 0 Å². The van der Waals surface area contributed by atoms with E-state index < -0.39 is 0 Å². The first kappa shape index (κ1) is 17.0. The van der Waals surface area contributed by atoms with Crippen molar-refractivity contribution in [3.8, 4) is 0 Å². The van der Waals surface area contributed by atoms with E-state index in [0.29, 0.717) is 0 Å². The van der Waals surface area contributed by atoms with Crippen LogP contribution in [0.15, 0.2) is 59.7 Å². The van der Waals surface area contributed by atoms with Gasteiger partial charge in [-0.1, -0.05) is 30.3 Å². The standard InChI is InChI=1S/C20H23FN4/c1-22-20(25(2)14-15-6-4-3-5-7-15)23-11-10-16-13-24-19-12-17(21)8-9-18(16)19/h3-9,12-13,24H,10-11,14H2,1-2H3,(H,22,23). The minimum Gasteiger partial charge on any atom is -0.361 e. The molecule has 0 saturated heterocycles. The number of H-pyrrole nitrogens is 1. The fourth-order valence-corrected chi connectivity index (χ4v) is 2.99. The first-order valence-corrected chi connectivity index (χ1v) is 8.38. The number of guanidine groups is 1. The number of rotatable bonds is 5. The highest BCUT2D eigenvalue weighted by atomic mass is 19.1. The average Bonchev–Trinajstić information content (AvgIpc) is 3.01. The van der Waals surface area contributed by atoms with E-state index in [0.717, 1.165) is 36.4 Å². The van der Waals surface area contributed by atoms with Crippen LogP contribution in [0, 0.1) is 5.82 Å². The largest absolute Gasteiger partial charge is 0.361 e. The highest BCUT2D eigenvalue weighted by Crippen LogP contribution is 2.19. The molecule has 3 rings (SSSR count). The molecule has 1 aromatic heterocycles. The van der Waals surface area contributed by atoms with Crippen LogP contribution in [0.25, 0.3) is 10.9 Å². The van der Waals surface area contributed by atoms with Crippen LogP contribution < -0.4 is 5.32 Å². The number of hydrogen-bond acceptors (Lipinski definition) is 1. The zero-order valence-corrected chi connectivity index (χ0v) is 14.6. The molecule has 2 N–H and O–H groups in total. The second-order valence-corrected chi connectivity index (χ2v) is 6.07. The van der Waals surface area contributed by atoms with Crippen molar-refractivity contribution in [2.75, 3.05) is 20.6 Å². The lowest BCUT2D eigenvalue weighted by Crippen LogP contribution is -2.39. The third-order valence-electron chi connectivity index (χ3n) is 4.24. The van der Waals surface area contributed by atoms with Crippen molar-refractivity contribution in [3.63, 3.8) is 0 Å². The Morgan fingerprint density at radius 1 is 1.20 bits per heavy atom.